The molecule has 0 unspecified atom stereocenters. The number of amides is 1. The van der Waals surface area contributed by atoms with E-state index in [-0.39, 0.29) is 6.54 Å². The van der Waals surface area contributed by atoms with Crippen molar-refractivity contribution in [2.75, 3.05) is 4.90 Å². The Kier molecular flexibility index (Phi) is 3.26. The minimum atomic E-state index is -0.512. The van der Waals surface area contributed by atoms with E-state index in [1.807, 2.05) is 26.0 Å². The van der Waals surface area contributed by atoms with Crippen LogP contribution in [-0.4, -0.2) is 16.7 Å². The number of aromatic nitrogens is 1. The minimum Gasteiger partial charge on any atom is -0.300 e. The largest absolute Gasteiger partial charge is 0.300 e. The van der Waals surface area contributed by atoms with Crippen LogP contribution >= 0.6 is 11.6 Å². The van der Waals surface area contributed by atoms with Crippen molar-refractivity contribution in [2.45, 2.75) is 20.4 Å². The van der Waals surface area contributed by atoms with Crippen molar-refractivity contribution >= 4 is 29.0 Å². The molecule has 1 amide bonds. The number of aryl methyl sites for hydroxylation is 2. The van der Waals surface area contributed by atoms with Gasteiger partial charge in [-0.15, -0.1) is 0 Å². The van der Waals surface area contributed by atoms with Gasteiger partial charge >= 0.3 is 0 Å². The van der Waals surface area contributed by atoms with Gasteiger partial charge < -0.3 is 0 Å². The number of hydrogen-bond donors (Lipinski definition) is 0. The Balaban J connectivity index is 2.10. The number of carbonyl (C=O) groups excluding carboxylic acids is 2. The molecule has 0 aliphatic carbocycles. The molecule has 0 fully saturated rings. The summed E-state index contributed by atoms with van der Waals surface area (Å²) in [5.74, 6) is -0.964. The molecule has 1 aliphatic rings. The molecule has 2 heterocycles. The first kappa shape index (κ1) is 13.8. The van der Waals surface area contributed by atoms with Gasteiger partial charge in [-0.05, 0) is 31.0 Å². The molecule has 1 aromatic heterocycles. The van der Waals surface area contributed by atoms with E-state index in [1.54, 1.807) is 18.3 Å². The lowest BCUT2D eigenvalue weighted by Crippen LogP contribution is -2.29. The summed E-state index contributed by atoms with van der Waals surface area (Å²) in [7, 11) is 0. The predicted molar refractivity (Wildman–Crippen MR) is 80.7 cm³/mol. The van der Waals surface area contributed by atoms with Gasteiger partial charge in [0.15, 0.2) is 0 Å². The highest BCUT2D eigenvalue weighted by Gasteiger charge is 2.38. The van der Waals surface area contributed by atoms with Gasteiger partial charge in [0.2, 0.25) is 0 Å². The fraction of sp³-hybridized carbons (Fsp3) is 0.188. The van der Waals surface area contributed by atoms with E-state index in [1.165, 1.54) is 4.90 Å². The first-order valence-electron chi connectivity index (χ1n) is 6.56. The Morgan fingerprint density at radius 3 is 2.57 bits per heavy atom. The average molecular weight is 301 g/mol. The summed E-state index contributed by atoms with van der Waals surface area (Å²) in [6.07, 6.45) is 1.59. The zero-order valence-electron chi connectivity index (χ0n) is 11.7. The third-order valence-electron chi connectivity index (χ3n) is 3.69. The second kappa shape index (κ2) is 4.97. The van der Waals surface area contributed by atoms with Crippen LogP contribution in [0.5, 0.6) is 0 Å². The zero-order chi connectivity index (χ0) is 15.1. The molecule has 21 heavy (non-hydrogen) atoms. The monoisotopic (exact) mass is 300 g/mol. The summed E-state index contributed by atoms with van der Waals surface area (Å²) in [6, 6.07) is 7.33. The molecule has 0 saturated heterocycles. The molecule has 0 spiro atoms. The molecule has 0 radical (unpaired) electrons. The third-order valence-corrected chi connectivity index (χ3v) is 4.03. The van der Waals surface area contributed by atoms with Crippen LogP contribution in [0.4, 0.5) is 5.69 Å². The van der Waals surface area contributed by atoms with E-state index in [2.05, 4.69) is 4.98 Å². The number of halogens is 1. The second-order valence-corrected chi connectivity index (χ2v) is 5.45. The minimum absolute atomic E-state index is 0.245. The van der Waals surface area contributed by atoms with Crippen molar-refractivity contribution in [3.8, 4) is 0 Å². The van der Waals surface area contributed by atoms with Crippen LogP contribution in [0.2, 0.25) is 5.15 Å². The summed E-state index contributed by atoms with van der Waals surface area (Å²) >= 11 is 6.05. The summed E-state index contributed by atoms with van der Waals surface area (Å²) in [6.45, 7) is 3.97. The average Bonchev–Trinajstić information content (AvgIpc) is 2.71. The van der Waals surface area contributed by atoms with Crippen LogP contribution in [0.15, 0.2) is 30.5 Å². The van der Waals surface area contributed by atoms with Crippen LogP contribution < -0.4 is 4.90 Å². The van der Waals surface area contributed by atoms with Crippen LogP contribution in [-0.2, 0) is 11.3 Å². The summed E-state index contributed by atoms with van der Waals surface area (Å²) in [5, 5.41) is 0.344. The number of rotatable bonds is 2. The standard InChI is InChI=1S/C16H13ClN2O2/c1-9-5-6-10(2)13-12(9)14(20)16(21)19(13)8-11-4-3-7-18-15(11)17/h3-7H,8H2,1-2H3. The topological polar surface area (TPSA) is 50.3 Å². The van der Waals surface area contributed by atoms with E-state index in [0.29, 0.717) is 22.0 Å². The lowest BCUT2D eigenvalue weighted by Gasteiger charge is -2.19. The Hall–Kier alpha value is -2.20. The number of carbonyl (C=O) groups is 2. The van der Waals surface area contributed by atoms with Gasteiger partial charge in [0.25, 0.3) is 11.7 Å². The fourth-order valence-corrected chi connectivity index (χ4v) is 2.80. The van der Waals surface area contributed by atoms with Crippen molar-refractivity contribution in [2.24, 2.45) is 0 Å². The third kappa shape index (κ3) is 2.12. The molecule has 0 atom stereocenters. The summed E-state index contributed by atoms with van der Waals surface area (Å²) in [4.78, 5) is 30.0. The Morgan fingerprint density at radius 2 is 1.86 bits per heavy atom. The molecule has 4 nitrogen and oxygen atoms in total. The molecule has 0 bridgehead atoms. The maximum absolute atomic E-state index is 12.3. The molecule has 3 rings (SSSR count). The van der Waals surface area contributed by atoms with Gasteiger partial charge in [0.05, 0.1) is 17.8 Å². The maximum Gasteiger partial charge on any atom is 0.299 e. The van der Waals surface area contributed by atoms with Crippen molar-refractivity contribution < 1.29 is 9.59 Å². The predicted octanol–water partition coefficient (Wildman–Crippen LogP) is 3.08. The smallest absolute Gasteiger partial charge is 0.299 e. The van der Waals surface area contributed by atoms with E-state index in [4.69, 9.17) is 11.6 Å². The van der Waals surface area contributed by atoms with Gasteiger partial charge in [-0.2, -0.15) is 0 Å². The molecule has 5 heteroatoms. The number of fused-ring (bicyclic) bond motifs is 1. The fourth-order valence-electron chi connectivity index (χ4n) is 2.62. The number of benzene rings is 1. The number of pyridine rings is 1. The first-order valence-corrected chi connectivity index (χ1v) is 6.94. The van der Waals surface area contributed by atoms with E-state index >= 15 is 0 Å². The van der Waals surface area contributed by atoms with Gasteiger partial charge in [-0.3, -0.25) is 14.5 Å². The van der Waals surface area contributed by atoms with Gasteiger partial charge in [0.1, 0.15) is 5.15 Å². The van der Waals surface area contributed by atoms with Gasteiger partial charge in [-0.1, -0.05) is 29.8 Å². The van der Waals surface area contributed by atoms with Crippen LogP contribution in [0.25, 0.3) is 0 Å². The van der Waals surface area contributed by atoms with Gasteiger partial charge in [0, 0.05) is 11.8 Å². The normalized spacial score (nSPS) is 13.8. The highest BCUT2D eigenvalue weighted by atomic mass is 35.5. The molecule has 0 N–H and O–H groups in total. The van der Waals surface area contributed by atoms with Crippen molar-refractivity contribution in [1.82, 2.24) is 4.98 Å². The number of Topliss-reactive ketones (excluding diaryl/α,β-unsaturated/α-hetero) is 1. The van der Waals surface area contributed by atoms with Crippen LogP contribution in [0, 0.1) is 13.8 Å². The molecule has 1 aliphatic heterocycles. The SMILES string of the molecule is Cc1ccc(C)c2c1C(=O)C(=O)N2Cc1cccnc1Cl. The number of hydrogen-bond acceptors (Lipinski definition) is 3. The van der Waals surface area contributed by atoms with Gasteiger partial charge in [-0.25, -0.2) is 4.98 Å². The second-order valence-electron chi connectivity index (χ2n) is 5.10. The maximum atomic E-state index is 12.3. The number of anilines is 1. The quantitative estimate of drug-likeness (QED) is 0.632. The first-order chi connectivity index (χ1) is 10.0. The summed E-state index contributed by atoms with van der Waals surface area (Å²) in [5.41, 5.74) is 3.61. The van der Waals surface area contributed by atoms with Crippen molar-refractivity contribution in [3.63, 3.8) is 0 Å². The Labute approximate surface area is 127 Å². The Bertz CT molecular complexity index is 771. The molecular formula is C16H13ClN2O2. The lowest BCUT2D eigenvalue weighted by molar-refractivity contribution is -0.114. The zero-order valence-corrected chi connectivity index (χ0v) is 12.4. The van der Waals surface area contributed by atoms with Crippen LogP contribution in [0.3, 0.4) is 0 Å². The van der Waals surface area contributed by atoms with E-state index in [0.717, 1.165) is 11.1 Å². The van der Waals surface area contributed by atoms with E-state index in [9.17, 15) is 9.59 Å². The summed E-state index contributed by atoms with van der Waals surface area (Å²) < 4.78 is 0. The highest BCUT2D eigenvalue weighted by Crippen LogP contribution is 2.36. The van der Waals surface area contributed by atoms with Crippen LogP contribution in [0.1, 0.15) is 27.0 Å². The number of nitrogens with zero attached hydrogens (tertiary/aromatic N) is 2. The molecule has 1 aromatic carbocycles. The highest BCUT2D eigenvalue weighted by molar-refractivity contribution is 6.52. The molecular weight excluding hydrogens is 288 g/mol. The van der Waals surface area contributed by atoms with Crippen molar-refractivity contribution in [1.29, 1.82) is 0 Å². The lowest BCUT2D eigenvalue weighted by atomic mass is 10.0. The molecule has 0 saturated carbocycles. The molecule has 2 aromatic rings. The number of ketones is 1. The van der Waals surface area contributed by atoms with Crippen molar-refractivity contribution in [3.05, 3.63) is 57.9 Å². The molecule has 106 valence electrons. The Morgan fingerprint density at radius 1 is 1.14 bits per heavy atom. The van der Waals surface area contributed by atoms with E-state index < -0.39 is 11.7 Å².